The van der Waals surface area contributed by atoms with Crippen molar-refractivity contribution in [3.63, 3.8) is 0 Å². The first kappa shape index (κ1) is 15.4. The first-order valence-electron chi connectivity index (χ1n) is 8.84. The zero-order valence-corrected chi connectivity index (χ0v) is 14.8. The molecule has 1 aromatic carbocycles. The molecule has 1 aliphatic carbocycles. The minimum atomic E-state index is 0.619. The fourth-order valence-corrected chi connectivity index (χ4v) is 4.91. The van der Waals surface area contributed by atoms with Crippen molar-refractivity contribution in [2.45, 2.75) is 24.8 Å². The van der Waals surface area contributed by atoms with Gasteiger partial charge in [0.2, 0.25) is 0 Å². The summed E-state index contributed by atoms with van der Waals surface area (Å²) in [6.07, 6.45) is 7.75. The molecule has 0 radical (unpaired) electrons. The van der Waals surface area contributed by atoms with Crippen LogP contribution < -0.4 is 0 Å². The van der Waals surface area contributed by atoms with E-state index in [0.29, 0.717) is 5.92 Å². The zero-order chi connectivity index (χ0) is 16.6. The van der Waals surface area contributed by atoms with E-state index >= 15 is 0 Å². The number of morpholine rings is 1. The monoisotopic (exact) mass is 352 g/mol. The Morgan fingerprint density at radius 2 is 1.84 bits per heavy atom. The van der Waals surface area contributed by atoms with Crippen molar-refractivity contribution in [2.24, 2.45) is 0 Å². The highest BCUT2D eigenvalue weighted by atomic mass is 32.1. The molecule has 0 unspecified atom stereocenters. The summed E-state index contributed by atoms with van der Waals surface area (Å²) in [7, 11) is 0. The molecule has 2 aromatic heterocycles. The van der Waals surface area contributed by atoms with Crippen LogP contribution in [0.25, 0.3) is 21.3 Å². The van der Waals surface area contributed by atoms with Gasteiger partial charge in [-0.3, -0.25) is 4.90 Å². The van der Waals surface area contributed by atoms with Gasteiger partial charge in [-0.2, -0.15) is 0 Å². The summed E-state index contributed by atoms with van der Waals surface area (Å²) >= 11 is 1.84. The fourth-order valence-electron chi connectivity index (χ4n) is 3.77. The van der Waals surface area contributed by atoms with Gasteiger partial charge >= 0.3 is 0 Å². The molecule has 3 aromatic rings. The fraction of sp³-hybridized carbons (Fsp3) is 0.421. The molecule has 1 saturated carbocycles. The van der Waals surface area contributed by atoms with Gasteiger partial charge in [0.25, 0.3) is 0 Å². The second-order valence-corrected chi connectivity index (χ2v) is 7.89. The number of aromatic nitrogens is 3. The lowest BCUT2D eigenvalue weighted by Crippen LogP contribution is -2.48. The van der Waals surface area contributed by atoms with Gasteiger partial charge in [-0.25, -0.2) is 15.0 Å². The standard InChI is InChI=1S/C19H20N4OS/c1-2-17-18(9-13(1)15-10-20-12-21-11-15)25-19(22-17)14-7-16(8-14)23-3-5-24-6-4-23/h1-2,9-12,14,16H,3-8H2/t14-,16+. The SMILES string of the molecule is c1ncc(-c2ccc3nc([C@H]4C[C@@H](N5CCOCC5)C4)sc3c2)cn1. The summed E-state index contributed by atoms with van der Waals surface area (Å²) in [6.45, 7) is 3.93. The largest absolute Gasteiger partial charge is 0.379 e. The van der Waals surface area contributed by atoms with Gasteiger partial charge < -0.3 is 4.74 Å². The van der Waals surface area contributed by atoms with Crippen LogP contribution in [-0.2, 0) is 4.74 Å². The van der Waals surface area contributed by atoms with E-state index in [1.807, 2.05) is 23.7 Å². The average Bonchev–Trinajstić information content (AvgIpc) is 3.04. The molecule has 0 amide bonds. The van der Waals surface area contributed by atoms with E-state index in [9.17, 15) is 0 Å². The predicted molar refractivity (Wildman–Crippen MR) is 98.8 cm³/mol. The number of hydrogen-bond acceptors (Lipinski definition) is 6. The topological polar surface area (TPSA) is 51.1 Å². The number of nitrogens with zero attached hydrogens (tertiary/aromatic N) is 4. The van der Waals surface area contributed by atoms with Crippen LogP contribution in [0.15, 0.2) is 36.9 Å². The van der Waals surface area contributed by atoms with Crippen molar-refractivity contribution in [1.82, 2.24) is 19.9 Å². The summed E-state index contributed by atoms with van der Waals surface area (Å²) in [4.78, 5) is 15.7. The second-order valence-electron chi connectivity index (χ2n) is 6.83. The molecular formula is C19H20N4OS. The lowest BCUT2D eigenvalue weighted by Gasteiger charge is -2.43. The number of thiazole rings is 1. The van der Waals surface area contributed by atoms with E-state index in [1.165, 1.54) is 22.5 Å². The van der Waals surface area contributed by atoms with Crippen molar-refractivity contribution in [1.29, 1.82) is 0 Å². The summed E-state index contributed by atoms with van der Waals surface area (Å²) in [5.74, 6) is 0.619. The quantitative estimate of drug-likeness (QED) is 0.724. The van der Waals surface area contributed by atoms with E-state index in [-0.39, 0.29) is 0 Å². The molecule has 5 rings (SSSR count). The highest BCUT2D eigenvalue weighted by Crippen LogP contribution is 2.43. The minimum absolute atomic E-state index is 0.619. The smallest absolute Gasteiger partial charge is 0.115 e. The molecule has 25 heavy (non-hydrogen) atoms. The average molecular weight is 352 g/mol. The highest BCUT2D eigenvalue weighted by Gasteiger charge is 2.36. The Hall–Kier alpha value is -1.89. The first-order chi connectivity index (χ1) is 12.4. The van der Waals surface area contributed by atoms with Gasteiger partial charge in [0.1, 0.15) is 6.33 Å². The maximum atomic E-state index is 5.46. The molecule has 0 bridgehead atoms. The highest BCUT2D eigenvalue weighted by molar-refractivity contribution is 7.18. The summed E-state index contributed by atoms with van der Waals surface area (Å²) < 4.78 is 6.71. The lowest BCUT2D eigenvalue weighted by atomic mass is 9.79. The second kappa shape index (κ2) is 6.44. The van der Waals surface area contributed by atoms with E-state index in [1.54, 1.807) is 6.33 Å². The van der Waals surface area contributed by atoms with Crippen LogP contribution in [0, 0.1) is 0 Å². The number of fused-ring (bicyclic) bond motifs is 1. The van der Waals surface area contributed by atoms with Crippen LogP contribution in [0.3, 0.4) is 0 Å². The van der Waals surface area contributed by atoms with Gasteiger partial charge in [-0.05, 0) is 30.5 Å². The Labute approximate surface area is 150 Å². The molecular weight excluding hydrogens is 332 g/mol. The molecule has 0 N–H and O–H groups in total. The van der Waals surface area contributed by atoms with Gasteiger partial charge in [-0.1, -0.05) is 6.07 Å². The van der Waals surface area contributed by atoms with Crippen molar-refractivity contribution < 1.29 is 4.74 Å². The molecule has 5 nitrogen and oxygen atoms in total. The lowest BCUT2D eigenvalue weighted by molar-refractivity contribution is -0.00698. The molecule has 128 valence electrons. The van der Waals surface area contributed by atoms with Crippen LogP contribution in [0.2, 0.25) is 0 Å². The van der Waals surface area contributed by atoms with Gasteiger partial charge in [0.05, 0.1) is 28.4 Å². The normalized spacial score (nSPS) is 24.3. The number of rotatable bonds is 3. The number of hydrogen-bond donors (Lipinski definition) is 0. The molecule has 6 heteroatoms. The molecule has 2 aliphatic rings. The predicted octanol–water partition coefficient (Wildman–Crippen LogP) is 3.33. The van der Waals surface area contributed by atoms with Gasteiger partial charge in [-0.15, -0.1) is 11.3 Å². The maximum absolute atomic E-state index is 5.46. The molecule has 3 heterocycles. The molecule has 1 saturated heterocycles. The van der Waals surface area contributed by atoms with Crippen molar-refractivity contribution in [2.75, 3.05) is 26.3 Å². The van der Waals surface area contributed by atoms with Crippen LogP contribution in [0.4, 0.5) is 0 Å². The molecule has 0 spiro atoms. The van der Waals surface area contributed by atoms with E-state index in [2.05, 4.69) is 33.1 Å². The first-order valence-corrected chi connectivity index (χ1v) is 9.66. The van der Waals surface area contributed by atoms with Crippen LogP contribution >= 0.6 is 11.3 Å². The van der Waals surface area contributed by atoms with Crippen LogP contribution in [0.5, 0.6) is 0 Å². The third-order valence-electron chi connectivity index (χ3n) is 5.32. The van der Waals surface area contributed by atoms with Crippen LogP contribution in [0.1, 0.15) is 23.8 Å². The van der Waals surface area contributed by atoms with Crippen LogP contribution in [-0.4, -0.2) is 52.2 Å². The Kier molecular flexibility index (Phi) is 3.96. The molecule has 2 fully saturated rings. The Morgan fingerprint density at radius 3 is 2.64 bits per heavy atom. The van der Waals surface area contributed by atoms with Gasteiger partial charge in [0, 0.05) is 43.0 Å². The summed E-state index contributed by atoms with van der Waals surface area (Å²) in [5, 5.41) is 1.29. The van der Waals surface area contributed by atoms with Crippen molar-refractivity contribution in [3.8, 4) is 11.1 Å². The maximum Gasteiger partial charge on any atom is 0.115 e. The summed E-state index contributed by atoms with van der Waals surface area (Å²) in [5.41, 5.74) is 3.31. The van der Waals surface area contributed by atoms with E-state index in [0.717, 1.165) is 49.0 Å². The Morgan fingerprint density at radius 1 is 1.04 bits per heavy atom. The van der Waals surface area contributed by atoms with Gasteiger partial charge in [0.15, 0.2) is 0 Å². The number of ether oxygens (including phenoxy) is 1. The Bertz CT molecular complexity index is 870. The number of benzene rings is 1. The van der Waals surface area contributed by atoms with Crippen molar-refractivity contribution in [3.05, 3.63) is 41.9 Å². The third-order valence-corrected chi connectivity index (χ3v) is 6.50. The van der Waals surface area contributed by atoms with Crippen molar-refractivity contribution >= 4 is 21.6 Å². The molecule has 0 atom stereocenters. The Balaban J connectivity index is 1.33. The minimum Gasteiger partial charge on any atom is -0.379 e. The molecule has 1 aliphatic heterocycles. The van der Waals surface area contributed by atoms with E-state index in [4.69, 9.17) is 9.72 Å². The zero-order valence-electron chi connectivity index (χ0n) is 14.0. The third kappa shape index (κ3) is 2.94. The summed E-state index contributed by atoms with van der Waals surface area (Å²) in [6, 6.07) is 7.17. The van der Waals surface area contributed by atoms with E-state index < -0.39 is 0 Å².